The highest BCUT2D eigenvalue weighted by molar-refractivity contribution is 7.96. The Balaban J connectivity index is 3.14. The molecule has 1 rings (SSSR count). The molecule has 0 saturated heterocycles. The van der Waals surface area contributed by atoms with Crippen LogP contribution in [0.1, 0.15) is 16.7 Å². The number of benzene rings is 1. The van der Waals surface area contributed by atoms with Gasteiger partial charge in [0.1, 0.15) is 5.75 Å². The molecule has 1 aromatic rings. The van der Waals surface area contributed by atoms with Crippen molar-refractivity contribution in [3.05, 3.63) is 27.8 Å². The van der Waals surface area contributed by atoms with Crippen LogP contribution in [-0.4, -0.2) is 12.3 Å². The highest BCUT2D eigenvalue weighted by atomic mass is 35.5. The number of rotatable bonds is 3. The number of carbonyl (C=O) groups excluding carboxylic acids is 1. The van der Waals surface area contributed by atoms with Gasteiger partial charge in [0.25, 0.3) is 5.24 Å². The number of hydrogen-bond donors (Lipinski definition) is 2. The maximum absolute atomic E-state index is 10.8. The standard InChI is InChI=1S/C11H14ClNO2S/c1-6-4-9(15-3)8(5-13-11(14)16)7(2)10(6)12/h4H,5H2,1-3H3,(H2,13,14,16). The summed E-state index contributed by atoms with van der Waals surface area (Å²) in [6.45, 7) is 4.17. The van der Waals surface area contributed by atoms with Crippen LogP contribution < -0.4 is 10.1 Å². The lowest BCUT2D eigenvalue weighted by atomic mass is 10.0. The SMILES string of the molecule is COc1cc(C)c(Cl)c(C)c1CNC(=O)S. The second-order valence-corrected chi connectivity index (χ2v) is 4.26. The largest absolute Gasteiger partial charge is 0.496 e. The molecule has 1 aromatic carbocycles. The van der Waals surface area contributed by atoms with Crippen molar-refractivity contribution in [3.8, 4) is 5.75 Å². The molecule has 0 aliphatic heterocycles. The molecule has 0 saturated carbocycles. The third kappa shape index (κ3) is 2.83. The van der Waals surface area contributed by atoms with Crippen LogP contribution >= 0.6 is 24.2 Å². The highest BCUT2D eigenvalue weighted by Crippen LogP contribution is 2.31. The number of amides is 1. The number of ether oxygens (including phenoxy) is 1. The van der Waals surface area contributed by atoms with Crippen LogP contribution in [0.5, 0.6) is 5.75 Å². The lowest BCUT2D eigenvalue weighted by molar-refractivity contribution is 0.260. The number of carbonyl (C=O) groups is 1. The molecule has 0 bridgehead atoms. The number of halogens is 1. The van der Waals surface area contributed by atoms with E-state index in [1.807, 2.05) is 19.9 Å². The molecule has 88 valence electrons. The summed E-state index contributed by atoms with van der Waals surface area (Å²) >= 11 is 9.79. The van der Waals surface area contributed by atoms with Crippen molar-refractivity contribution in [2.75, 3.05) is 7.11 Å². The average Bonchev–Trinajstić information content (AvgIpc) is 2.23. The third-order valence-electron chi connectivity index (χ3n) is 2.41. The first-order chi connectivity index (χ1) is 7.47. The van der Waals surface area contributed by atoms with Gasteiger partial charge in [-0.05, 0) is 31.0 Å². The lowest BCUT2D eigenvalue weighted by Crippen LogP contribution is -2.17. The summed E-state index contributed by atoms with van der Waals surface area (Å²) in [5.74, 6) is 0.724. The maximum Gasteiger partial charge on any atom is 0.276 e. The summed E-state index contributed by atoms with van der Waals surface area (Å²) < 4.78 is 5.26. The summed E-state index contributed by atoms with van der Waals surface area (Å²) in [6, 6.07) is 1.86. The van der Waals surface area contributed by atoms with Crippen molar-refractivity contribution in [3.63, 3.8) is 0 Å². The van der Waals surface area contributed by atoms with Crippen LogP contribution in [0.4, 0.5) is 4.79 Å². The minimum Gasteiger partial charge on any atom is -0.496 e. The molecule has 5 heteroatoms. The van der Waals surface area contributed by atoms with E-state index in [9.17, 15) is 4.79 Å². The van der Waals surface area contributed by atoms with E-state index in [-0.39, 0.29) is 5.24 Å². The Kier molecular flexibility index (Phi) is 4.50. The normalized spacial score (nSPS) is 10.1. The number of methoxy groups -OCH3 is 1. The van der Waals surface area contributed by atoms with E-state index in [0.717, 1.165) is 22.4 Å². The Hall–Kier alpha value is -0.870. The molecule has 3 nitrogen and oxygen atoms in total. The van der Waals surface area contributed by atoms with Gasteiger partial charge in [-0.2, -0.15) is 0 Å². The Morgan fingerprint density at radius 3 is 2.69 bits per heavy atom. The Labute approximate surface area is 106 Å². The van der Waals surface area contributed by atoms with Gasteiger partial charge in [0.2, 0.25) is 0 Å². The van der Waals surface area contributed by atoms with Crippen molar-refractivity contribution in [1.29, 1.82) is 0 Å². The molecule has 0 fully saturated rings. The van der Waals surface area contributed by atoms with Crippen molar-refractivity contribution in [2.45, 2.75) is 20.4 Å². The van der Waals surface area contributed by atoms with E-state index >= 15 is 0 Å². The fourth-order valence-corrected chi connectivity index (χ4v) is 1.77. The molecule has 0 spiro atoms. The van der Waals surface area contributed by atoms with E-state index in [1.54, 1.807) is 7.11 Å². The van der Waals surface area contributed by atoms with Gasteiger partial charge in [0.05, 0.1) is 7.11 Å². The zero-order valence-electron chi connectivity index (χ0n) is 9.43. The van der Waals surface area contributed by atoms with Gasteiger partial charge in [-0.15, -0.1) is 0 Å². The molecular weight excluding hydrogens is 246 g/mol. The Bertz CT molecular complexity index is 421. The second-order valence-electron chi connectivity index (χ2n) is 3.47. The summed E-state index contributed by atoms with van der Waals surface area (Å²) in [5, 5.41) is 2.93. The fraction of sp³-hybridized carbons (Fsp3) is 0.364. The van der Waals surface area contributed by atoms with Crippen molar-refractivity contribution >= 4 is 29.5 Å². The zero-order chi connectivity index (χ0) is 12.3. The molecule has 1 amide bonds. The predicted molar refractivity (Wildman–Crippen MR) is 68.7 cm³/mol. The third-order valence-corrected chi connectivity index (χ3v) is 3.15. The first-order valence-corrected chi connectivity index (χ1v) is 5.59. The predicted octanol–water partition coefficient (Wildman–Crippen LogP) is 3.10. The van der Waals surface area contributed by atoms with Gasteiger partial charge < -0.3 is 10.1 Å². The molecule has 0 atom stereocenters. The molecule has 0 aliphatic carbocycles. The number of thiol groups is 1. The Morgan fingerprint density at radius 1 is 1.56 bits per heavy atom. The van der Waals surface area contributed by atoms with Gasteiger partial charge in [0, 0.05) is 17.1 Å². The summed E-state index contributed by atoms with van der Waals surface area (Å²) in [4.78, 5) is 10.8. The van der Waals surface area contributed by atoms with Gasteiger partial charge in [-0.1, -0.05) is 24.2 Å². The number of nitrogens with one attached hydrogen (secondary N) is 1. The van der Waals surface area contributed by atoms with Gasteiger partial charge in [0.15, 0.2) is 0 Å². The molecule has 0 aromatic heterocycles. The minimum absolute atomic E-state index is 0.358. The summed E-state index contributed by atoms with van der Waals surface area (Å²) in [5.41, 5.74) is 2.75. The van der Waals surface area contributed by atoms with E-state index in [0.29, 0.717) is 11.6 Å². The highest BCUT2D eigenvalue weighted by Gasteiger charge is 2.12. The van der Waals surface area contributed by atoms with Gasteiger partial charge in [-0.25, -0.2) is 0 Å². The molecule has 16 heavy (non-hydrogen) atoms. The molecule has 0 aliphatic rings. The second kappa shape index (κ2) is 5.46. The van der Waals surface area contributed by atoms with Crippen molar-refractivity contribution < 1.29 is 9.53 Å². The van der Waals surface area contributed by atoms with Crippen molar-refractivity contribution in [2.24, 2.45) is 0 Å². The van der Waals surface area contributed by atoms with Crippen LogP contribution in [0.2, 0.25) is 5.02 Å². The van der Waals surface area contributed by atoms with Crippen LogP contribution in [0.15, 0.2) is 6.07 Å². The van der Waals surface area contributed by atoms with Crippen LogP contribution in [-0.2, 0) is 6.54 Å². The quantitative estimate of drug-likeness (QED) is 0.819. The zero-order valence-corrected chi connectivity index (χ0v) is 11.1. The molecule has 0 heterocycles. The minimum atomic E-state index is -0.377. The van der Waals surface area contributed by atoms with E-state index < -0.39 is 0 Å². The molecule has 1 N–H and O–H groups in total. The van der Waals surface area contributed by atoms with E-state index in [4.69, 9.17) is 16.3 Å². The van der Waals surface area contributed by atoms with Crippen LogP contribution in [0.25, 0.3) is 0 Å². The summed E-state index contributed by atoms with van der Waals surface area (Å²) in [7, 11) is 1.59. The number of hydrogen-bond acceptors (Lipinski definition) is 2. The topological polar surface area (TPSA) is 38.3 Å². The first kappa shape index (κ1) is 13.2. The van der Waals surface area contributed by atoms with E-state index in [2.05, 4.69) is 17.9 Å². The smallest absolute Gasteiger partial charge is 0.276 e. The Morgan fingerprint density at radius 2 is 2.19 bits per heavy atom. The van der Waals surface area contributed by atoms with Crippen LogP contribution in [0, 0.1) is 13.8 Å². The van der Waals surface area contributed by atoms with E-state index in [1.165, 1.54) is 0 Å². The monoisotopic (exact) mass is 259 g/mol. The maximum atomic E-state index is 10.8. The molecular formula is C11H14ClNO2S. The average molecular weight is 260 g/mol. The van der Waals surface area contributed by atoms with Gasteiger partial charge >= 0.3 is 0 Å². The lowest BCUT2D eigenvalue weighted by Gasteiger charge is -2.15. The fourth-order valence-electron chi connectivity index (χ4n) is 1.53. The van der Waals surface area contributed by atoms with Gasteiger partial charge in [-0.3, -0.25) is 4.79 Å². The number of aryl methyl sites for hydroxylation is 1. The molecule has 0 unspecified atom stereocenters. The van der Waals surface area contributed by atoms with Crippen molar-refractivity contribution in [1.82, 2.24) is 5.32 Å². The van der Waals surface area contributed by atoms with Crippen LogP contribution in [0.3, 0.4) is 0 Å². The molecule has 0 radical (unpaired) electrons. The first-order valence-electron chi connectivity index (χ1n) is 4.76. The summed E-state index contributed by atoms with van der Waals surface area (Å²) in [6.07, 6.45) is 0.